The van der Waals surface area contributed by atoms with Crippen LogP contribution in [0.5, 0.6) is 0 Å². The zero-order chi connectivity index (χ0) is 11.2. The van der Waals surface area contributed by atoms with Gasteiger partial charge in [0.2, 0.25) is 5.91 Å². The molecule has 0 aromatic rings. The molecule has 100 valence electrons. The molecule has 4 nitrogen and oxygen atoms in total. The molecule has 2 fully saturated rings. The molecule has 2 heterocycles. The summed E-state index contributed by atoms with van der Waals surface area (Å²) in [6.45, 7) is 6.77. The third-order valence-corrected chi connectivity index (χ3v) is 3.50. The van der Waals surface area contributed by atoms with Gasteiger partial charge in [0.1, 0.15) is 0 Å². The largest absolute Gasteiger partial charge is 0.342 e. The van der Waals surface area contributed by atoms with Gasteiger partial charge in [0.05, 0.1) is 6.54 Å². The molecule has 5 heteroatoms. The molecule has 1 N–H and O–H groups in total. The minimum atomic E-state index is 0. The minimum Gasteiger partial charge on any atom is -0.342 e. The summed E-state index contributed by atoms with van der Waals surface area (Å²) in [6, 6.07) is 0. The van der Waals surface area contributed by atoms with E-state index in [4.69, 9.17) is 0 Å². The van der Waals surface area contributed by atoms with E-state index in [9.17, 15) is 4.79 Å². The monoisotopic (exact) mass is 261 g/mol. The van der Waals surface area contributed by atoms with Crippen LogP contribution in [-0.4, -0.2) is 61.5 Å². The molecule has 2 rings (SSSR count). The molecule has 0 radical (unpaired) electrons. The molecule has 2 saturated heterocycles. The standard InChI is InChI=1S/C12H23N3O.ClH/c16-12(15-8-2-1-3-9-15)11-14-7-4-5-13-6-10-14;/h13H,1-11H2;1H. The number of halogens is 1. The van der Waals surface area contributed by atoms with Gasteiger partial charge in [0.15, 0.2) is 0 Å². The fourth-order valence-electron chi connectivity index (χ4n) is 2.49. The SMILES string of the molecule is Cl.O=C(CN1CCCNCC1)N1CCCCC1. The Morgan fingerprint density at radius 1 is 0.941 bits per heavy atom. The van der Waals surface area contributed by atoms with Crippen LogP contribution in [0.1, 0.15) is 25.7 Å². The predicted molar refractivity (Wildman–Crippen MR) is 71.6 cm³/mol. The molecular weight excluding hydrogens is 238 g/mol. The number of likely N-dealkylation sites (tertiary alicyclic amines) is 1. The van der Waals surface area contributed by atoms with Crippen LogP contribution in [0.4, 0.5) is 0 Å². The third kappa shape index (κ3) is 4.82. The highest BCUT2D eigenvalue weighted by Crippen LogP contribution is 2.09. The Balaban J connectivity index is 0.00000144. The van der Waals surface area contributed by atoms with Crippen molar-refractivity contribution in [3.63, 3.8) is 0 Å². The summed E-state index contributed by atoms with van der Waals surface area (Å²) >= 11 is 0. The average molecular weight is 262 g/mol. The van der Waals surface area contributed by atoms with Crippen molar-refractivity contribution in [2.75, 3.05) is 45.8 Å². The number of carbonyl (C=O) groups excluding carboxylic acids is 1. The summed E-state index contributed by atoms with van der Waals surface area (Å²) in [5.74, 6) is 0.335. The topological polar surface area (TPSA) is 35.6 Å². The van der Waals surface area contributed by atoms with Crippen LogP contribution in [-0.2, 0) is 4.79 Å². The van der Waals surface area contributed by atoms with E-state index in [2.05, 4.69) is 10.2 Å². The summed E-state index contributed by atoms with van der Waals surface area (Å²) in [5, 5.41) is 3.36. The van der Waals surface area contributed by atoms with E-state index in [0.717, 1.165) is 45.7 Å². The van der Waals surface area contributed by atoms with E-state index >= 15 is 0 Å². The first-order chi connectivity index (χ1) is 7.86. The zero-order valence-electron chi connectivity index (χ0n) is 10.5. The molecule has 0 spiro atoms. The Morgan fingerprint density at radius 3 is 2.47 bits per heavy atom. The van der Waals surface area contributed by atoms with E-state index in [-0.39, 0.29) is 12.4 Å². The normalized spacial score (nSPS) is 22.7. The van der Waals surface area contributed by atoms with Crippen molar-refractivity contribution in [2.24, 2.45) is 0 Å². The highest BCUT2D eigenvalue weighted by molar-refractivity contribution is 5.85. The number of hydrogen-bond acceptors (Lipinski definition) is 3. The van der Waals surface area contributed by atoms with Gasteiger partial charge in [-0.25, -0.2) is 0 Å². The molecule has 0 bridgehead atoms. The number of piperidine rings is 1. The maximum atomic E-state index is 12.0. The fourth-order valence-corrected chi connectivity index (χ4v) is 2.49. The smallest absolute Gasteiger partial charge is 0.236 e. The van der Waals surface area contributed by atoms with E-state index in [1.54, 1.807) is 0 Å². The summed E-state index contributed by atoms with van der Waals surface area (Å²) in [5.41, 5.74) is 0. The second-order valence-electron chi connectivity index (χ2n) is 4.82. The molecule has 1 amide bonds. The quantitative estimate of drug-likeness (QED) is 0.796. The van der Waals surface area contributed by atoms with Crippen molar-refractivity contribution in [1.82, 2.24) is 15.1 Å². The average Bonchev–Trinajstić information content (AvgIpc) is 2.59. The third-order valence-electron chi connectivity index (χ3n) is 3.50. The lowest BCUT2D eigenvalue weighted by molar-refractivity contribution is -0.133. The van der Waals surface area contributed by atoms with Crippen LogP contribution in [0.15, 0.2) is 0 Å². The van der Waals surface area contributed by atoms with Gasteiger partial charge in [-0.2, -0.15) is 0 Å². The highest BCUT2D eigenvalue weighted by atomic mass is 35.5. The lowest BCUT2D eigenvalue weighted by atomic mass is 10.1. The van der Waals surface area contributed by atoms with Crippen molar-refractivity contribution in [1.29, 1.82) is 0 Å². The molecular formula is C12H24ClN3O. The van der Waals surface area contributed by atoms with Gasteiger partial charge in [-0.1, -0.05) is 0 Å². The van der Waals surface area contributed by atoms with E-state index < -0.39 is 0 Å². The lowest BCUT2D eigenvalue weighted by Crippen LogP contribution is -2.43. The Hall–Kier alpha value is -0.320. The maximum Gasteiger partial charge on any atom is 0.236 e. The number of nitrogens with one attached hydrogen (secondary N) is 1. The zero-order valence-corrected chi connectivity index (χ0v) is 11.3. The van der Waals surface area contributed by atoms with E-state index in [0.29, 0.717) is 12.5 Å². The number of nitrogens with zero attached hydrogens (tertiary/aromatic N) is 2. The van der Waals surface area contributed by atoms with Crippen LogP contribution in [0.25, 0.3) is 0 Å². The number of amides is 1. The van der Waals surface area contributed by atoms with Crippen molar-refractivity contribution in [2.45, 2.75) is 25.7 Å². The second kappa shape index (κ2) is 7.90. The van der Waals surface area contributed by atoms with Crippen LogP contribution < -0.4 is 5.32 Å². The second-order valence-corrected chi connectivity index (χ2v) is 4.82. The summed E-state index contributed by atoms with van der Waals surface area (Å²) < 4.78 is 0. The Kier molecular flexibility index (Phi) is 6.85. The van der Waals surface area contributed by atoms with E-state index in [1.807, 2.05) is 4.90 Å². The van der Waals surface area contributed by atoms with Gasteiger partial charge >= 0.3 is 0 Å². The first-order valence-electron chi connectivity index (χ1n) is 6.57. The van der Waals surface area contributed by atoms with Gasteiger partial charge < -0.3 is 10.2 Å². The van der Waals surface area contributed by atoms with Crippen molar-refractivity contribution < 1.29 is 4.79 Å². The van der Waals surface area contributed by atoms with Gasteiger partial charge in [-0.15, -0.1) is 12.4 Å². The van der Waals surface area contributed by atoms with Crippen LogP contribution in [0, 0.1) is 0 Å². The molecule has 17 heavy (non-hydrogen) atoms. The first-order valence-corrected chi connectivity index (χ1v) is 6.57. The molecule has 0 aromatic heterocycles. The van der Waals surface area contributed by atoms with Gasteiger partial charge in [-0.3, -0.25) is 9.69 Å². The van der Waals surface area contributed by atoms with Crippen molar-refractivity contribution in [3.8, 4) is 0 Å². The maximum absolute atomic E-state index is 12.0. The van der Waals surface area contributed by atoms with Crippen LogP contribution >= 0.6 is 12.4 Å². The van der Waals surface area contributed by atoms with Crippen molar-refractivity contribution in [3.05, 3.63) is 0 Å². The Morgan fingerprint density at radius 2 is 1.71 bits per heavy atom. The number of rotatable bonds is 2. The van der Waals surface area contributed by atoms with Crippen LogP contribution in [0.3, 0.4) is 0 Å². The van der Waals surface area contributed by atoms with Gasteiger partial charge in [0.25, 0.3) is 0 Å². The van der Waals surface area contributed by atoms with Gasteiger partial charge in [-0.05, 0) is 38.8 Å². The summed E-state index contributed by atoms with van der Waals surface area (Å²) in [7, 11) is 0. The van der Waals surface area contributed by atoms with Crippen molar-refractivity contribution >= 4 is 18.3 Å². The Bertz CT molecular complexity index is 224. The fraction of sp³-hybridized carbons (Fsp3) is 0.917. The predicted octanol–water partition coefficient (Wildman–Crippen LogP) is 0.716. The summed E-state index contributed by atoms with van der Waals surface area (Å²) in [4.78, 5) is 16.4. The molecule has 0 unspecified atom stereocenters. The molecule has 0 atom stereocenters. The molecule has 0 aromatic carbocycles. The highest BCUT2D eigenvalue weighted by Gasteiger charge is 2.19. The molecule has 0 saturated carbocycles. The molecule has 0 aliphatic carbocycles. The molecule has 2 aliphatic heterocycles. The lowest BCUT2D eigenvalue weighted by Gasteiger charge is -2.29. The Labute approximate surface area is 110 Å². The van der Waals surface area contributed by atoms with Gasteiger partial charge in [0, 0.05) is 26.2 Å². The number of hydrogen-bond donors (Lipinski definition) is 1. The van der Waals surface area contributed by atoms with E-state index in [1.165, 1.54) is 19.3 Å². The minimum absolute atomic E-state index is 0. The summed E-state index contributed by atoms with van der Waals surface area (Å²) in [6.07, 6.45) is 4.82. The number of carbonyl (C=O) groups is 1. The van der Waals surface area contributed by atoms with Crippen LogP contribution in [0.2, 0.25) is 0 Å². The molecule has 2 aliphatic rings. The first kappa shape index (κ1) is 14.7.